The highest BCUT2D eigenvalue weighted by Crippen LogP contribution is 2.16. The van der Waals surface area contributed by atoms with Crippen molar-refractivity contribution in [3.05, 3.63) is 0 Å². The van der Waals surface area contributed by atoms with Gasteiger partial charge >= 0.3 is 0 Å². The summed E-state index contributed by atoms with van der Waals surface area (Å²) in [6.07, 6.45) is 7.40. The average Bonchev–Trinajstić information content (AvgIpc) is 3.14. The second-order valence-electron chi connectivity index (χ2n) is 7.00. The molecular formula is C18H34ClN3O3. The molecule has 0 saturated carbocycles. The molecule has 0 spiro atoms. The van der Waals surface area contributed by atoms with Crippen molar-refractivity contribution in [3.63, 3.8) is 0 Å². The number of amides is 2. The minimum Gasteiger partial charge on any atom is -0.372 e. The summed E-state index contributed by atoms with van der Waals surface area (Å²) in [5.41, 5.74) is 0. The minimum absolute atomic E-state index is 0. The molecule has 2 N–H and O–H groups in total. The molecule has 2 rings (SSSR count). The van der Waals surface area contributed by atoms with E-state index in [4.69, 9.17) is 4.74 Å². The molecule has 146 valence electrons. The SMILES string of the molecule is CCCCCOCC(=O)N1CCCC(CNC(=O)C2CCCN2)C1.Cl. The van der Waals surface area contributed by atoms with Gasteiger partial charge in [-0.25, -0.2) is 0 Å². The number of unbranched alkanes of at least 4 members (excludes halogenated alkanes) is 2. The van der Waals surface area contributed by atoms with E-state index < -0.39 is 0 Å². The fourth-order valence-corrected chi connectivity index (χ4v) is 3.44. The zero-order chi connectivity index (χ0) is 17.2. The van der Waals surface area contributed by atoms with E-state index in [-0.39, 0.29) is 36.9 Å². The van der Waals surface area contributed by atoms with Crippen LogP contribution < -0.4 is 10.6 Å². The van der Waals surface area contributed by atoms with Crippen molar-refractivity contribution in [2.24, 2.45) is 5.92 Å². The van der Waals surface area contributed by atoms with Crippen molar-refractivity contribution in [3.8, 4) is 0 Å². The van der Waals surface area contributed by atoms with Crippen LogP contribution in [0.5, 0.6) is 0 Å². The standard InChI is InChI=1S/C18H33N3O3.ClH/c1-2-3-4-11-24-14-17(22)21-10-6-7-15(13-21)12-20-18(23)16-8-5-9-19-16;/h15-16,19H,2-14H2,1H3,(H,20,23);1H. The van der Waals surface area contributed by atoms with Crippen LogP contribution in [0.4, 0.5) is 0 Å². The maximum Gasteiger partial charge on any atom is 0.248 e. The van der Waals surface area contributed by atoms with Crippen molar-refractivity contribution >= 4 is 24.2 Å². The topological polar surface area (TPSA) is 70.7 Å². The van der Waals surface area contributed by atoms with Gasteiger partial charge in [0.15, 0.2) is 0 Å². The number of hydrogen-bond donors (Lipinski definition) is 2. The molecule has 2 aliphatic heterocycles. The van der Waals surface area contributed by atoms with Gasteiger partial charge in [-0.1, -0.05) is 19.8 Å². The Kier molecular flexibility index (Phi) is 11.1. The zero-order valence-corrected chi connectivity index (χ0v) is 16.2. The zero-order valence-electron chi connectivity index (χ0n) is 15.4. The van der Waals surface area contributed by atoms with Gasteiger partial charge in [-0.05, 0) is 44.6 Å². The largest absolute Gasteiger partial charge is 0.372 e. The van der Waals surface area contributed by atoms with Gasteiger partial charge in [0.1, 0.15) is 6.61 Å². The lowest BCUT2D eigenvalue weighted by atomic mass is 9.97. The monoisotopic (exact) mass is 375 g/mol. The van der Waals surface area contributed by atoms with Crippen LogP contribution in [-0.4, -0.2) is 62.1 Å². The number of halogens is 1. The Morgan fingerprint density at radius 3 is 2.80 bits per heavy atom. The molecule has 2 unspecified atom stereocenters. The summed E-state index contributed by atoms with van der Waals surface area (Å²) in [4.78, 5) is 26.2. The summed E-state index contributed by atoms with van der Waals surface area (Å²) in [5.74, 6) is 0.545. The average molecular weight is 376 g/mol. The first-order valence-electron chi connectivity index (χ1n) is 9.57. The first kappa shape index (κ1) is 22.2. The Labute approximate surface area is 157 Å². The molecule has 2 aliphatic rings. The first-order chi connectivity index (χ1) is 11.7. The van der Waals surface area contributed by atoms with E-state index in [1.54, 1.807) is 0 Å². The molecule has 2 heterocycles. The molecule has 2 saturated heterocycles. The number of nitrogens with zero attached hydrogens (tertiary/aromatic N) is 1. The maximum atomic E-state index is 12.2. The van der Waals surface area contributed by atoms with E-state index in [1.165, 1.54) is 0 Å². The summed E-state index contributed by atoms with van der Waals surface area (Å²) in [6.45, 7) is 6.15. The molecule has 2 atom stereocenters. The number of rotatable bonds is 9. The first-order valence-corrected chi connectivity index (χ1v) is 9.57. The third-order valence-corrected chi connectivity index (χ3v) is 4.93. The van der Waals surface area contributed by atoms with Crippen molar-refractivity contribution in [2.45, 2.75) is 57.9 Å². The Balaban J connectivity index is 0.00000312. The van der Waals surface area contributed by atoms with Crippen LogP contribution in [0.1, 0.15) is 51.9 Å². The lowest BCUT2D eigenvalue weighted by molar-refractivity contribution is -0.138. The second-order valence-corrected chi connectivity index (χ2v) is 7.00. The van der Waals surface area contributed by atoms with Gasteiger partial charge in [0.2, 0.25) is 11.8 Å². The lowest BCUT2D eigenvalue weighted by Gasteiger charge is -2.33. The quantitative estimate of drug-likeness (QED) is 0.602. The number of likely N-dealkylation sites (tertiary alicyclic amines) is 1. The van der Waals surface area contributed by atoms with Crippen LogP contribution in [0.3, 0.4) is 0 Å². The molecule has 0 aliphatic carbocycles. The smallest absolute Gasteiger partial charge is 0.248 e. The number of piperidine rings is 1. The molecule has 2 fully saturated rings. The van der Waals surface area contributed by atoms with Gasteiger partial charge < -0.3 is 20.3 Å². The minimum atomic E-state index is -0.0251. The van der Waals surface area contributed by atoms with Crippen LogP contribution in [0.2, 0.25) is 0 Å². The third-order valence-electron chi connectivity index (χ3n) is 4.93. The third kappa shape index (κ3) is 7.92. The molecule has 2 amide bonds. The molecule has 0 aromatic heterocycles. The number of hydrogen-bond acceptors (Lipinski definition) is 4. The van der Waals surface area contributed by atoms with Gasteiger partial charge in [-0.2, -0.15) is 0 Å². The Bertz CT molecular complexity index is 403. The molecule has 7 heteroatoms. The van der Waals surface area contributed by atoms with E-state index in [9.17, 15) is 9.59 Å². The van der Waals surface area contributed by atoms with Gasteiger partial charge in [0.25, 0.3) is 0 Å². The van der Waals surface area contributed by atoms with Gasteiger partial charge in [0, 0.05) is 26.2 Å². The highest BCUT2D eigenvalue weighted by Gasteiger charge is 2.26. The predicted molar refractivity (Wildman–Crippen MR) is 101 cm³/mol. The number of carbonyl (C=O) groups excluding carboxylic acids is 2. The Morgan fingerprint density at radius 2 is 2.08 bits per heavy atom. The predicted octanol–water partition coefficient (Wildman–Crippen LogP) is 1.72. The lowest BCUT2D eigenvalue weighted by Crippen LogP contribution is -2.47. The van der Waals surface area contributed by atoms with Crippen LogP contribution in [0.25, 0.3) is 0 Å². The van der Waals surface area contributed by atoms with E-state index in [2.05, 4.69) is 17.6 Å². The maximum absolute atomic E-state index is 12.2. The van der Waals surface area contributed by atoms with Crippen molar-refractivity contribution in [2.75, 3.05) is 39.4 Å². The van der Waals surface area contributed by atoms with E-state index in [0.29, 0.717) is 19.1 Å². The van der Waals surface area contributed by atoms with Crippen molar-refractivity contribution < 1.29 is 14.3 Å². The fraction of sp³-hybridized carbons (Fsp3) is 0.889. The Morgan fingerprint density at radius 1 is 1.24 bits per heavy atom. The fourth-order valence-electron chi connectivity index (χ4n) is 3.44. The van der Waals surface area contributed by atoms with E-state index >= 15 is 0 Å². The molecule has 0 bridgehead atoms. The van der Waals surface area contributed by atoms with Crippen LogP contribution in [0, 0.1) is 5.92 Å². The molecular weight excluding hydrogens is 342 g/mol. The van der Waals surface area contributed by atoms with Crippen molar-refractivity contribution in [1.82, 2.24) is 15.5 Å². The molecule has 0 aromatic carbocycles. The van der Waals surface area contributed by atoms with Crippen LogP contribution >= 0.6 is 12.4 Å². The van der Waals surface area contributed by atoms with Gasteiger partial charge in [-0.15, -0.1) is 12.4 Å². The Hall–Kier alpha value is -0.850. The summed E-state index contributed by atoms with van der Waals surface area (Å²) < 4.78 is 5.48. The molecule has 0 radical (unpaired) electrons. The van der Waals surface area contributed by atoms with Crippen molar-refractivity contribution in [1.29, 1.82) is 0 Å². The van der Waals surface area contributed by atoms with Gasteiger partial charge in [-0.3, -0.25) is 9.59 Å². The molecule has 0 aromatic rings. The van der Waals surface area contributed by atoms with E-state index in [1.807, 2.05) is 4.90 Å². The van der Waals surface area contributed by atoms with Crippen LogP contribution in [-0.2, 0) is 14.3 Å². The summed E-state index contributed by atoms with van der Waals surface area (Å²) in [7, 11) is 0. The molecule has 25 heavy (non-hydrogen) atoms. The normalized spacial score (nSPS) is 23.2. The summed E-state index contributed by atoms with van der Waals surface area (Å²) in [5, 5.41) is 6.27. The summed E-state index contributed by atoms with van der Waals surface area (Å²) in [6, 6.07) is -0.0251. The number of nitrogens with one attached hydrogen (secondary N) is 2. The number of ether oxygens (including phenoxy) is 1. The van der Waals surface area contributed by atoms with Gasteiger partial charge in [0.05, 0.1) is 6.04 Å². The molecule has 6 nitrogen and oxygen atoms in total. The second kappa shape index (κ2) is 12.5. The highest BCUT2D eigenvalue weighted by atomic mass is 35.5. The highest BCUT2D eigenvalue weighted by molar-refractivity contribution is 5.85. The van der Waals surface area contributed by atoms with E-state index in [0.717, 1.165) is 64.6 Å². The van der Waals surface area contributed by atoms with Crippen LogP contribution in [0.15, 0.2) is 0 Å². The number of carbonyl (C=O) groups is 2. The summed E-state index contributed by atoms with van der Waals surface area (Å²) >= 11 is 0.